The van der Waals surface area contributed by atoms with Crippen LogP contribution in [0.3, 0.4) is 0 Å². The number of nitrogens with zero attached hydrogens (tertiary/aromatic N) is 1. The van der Waals surface area contributed by atoms with Gasteiger partial charge in [-0.15, -0.1) is 0 Å². The average Bonchev–Trinajstić information content (AvgIpc) is 3.37. The van der Waals surface area contributed by atoms with Crippen LogP contribution in [0.1, 0.15) is 68.8 Å². The van der Waals surface area contributed by atoms with Gasteiger partial charge in [0.2, 0.25) is 5.91 Å². The molecule has 0 aliphatic carbocycles. The zero-order valence-electron chi connectivity index (χ0n) is 21.9. The molecule has 37 heavy (non-hydrogen) atoms. The molecule has 1 saturated heterocycles. The van der Waals surface area contributed by atoms with Crippen molar-refractivity contribution in [2.75, 3.05) is 19.8 Å². The number of hydrogen-bond donors (Lipinski definition) is 0. The second-order valence-electron chi connectivity index (χ2n) is 9.67. The van der Waals surface area contributed by atoms with Gasteiger partial charge in [0.1, 0.15) is 10.6 Å². The Morgan fingerprint density at radius 3 is 2.49 bits per heavy atom. The summed E-state index contributed by atoms with van der Waals surface area (Å²) in [7, 11) is -4.28. The van der Waals surface area contributed by atoms with Crippen molar-refractivity contribution in [2.24, 2.45) is 5.92 Å². The van der Waals surface area contributed by atoms with Gasteiger partial charge in [-0.1, -0.05) is 51.5 Å². The van der Waals surface area contributed by atoms with Crippen molar-refractivity contribution in [3.05, 3.63) is 59.7 Å². The number of rotatable bonds is 13. The third kappa shape index (κ3) is 8.57. The predicted molar refractivity (Wildman–Crippen MR) is 140 cm³/mol. The second-order valence-corrected chi connectivity index (χ2v) is 11.2. The minimum Gasteiger partial charge on any atom is -0.462 e. The number of carbonyl (C=O) groups is 2. The van der Waals surface area contributed by atoms with Crippen LogP contribution in [-0.4, -0.2) is 51.1 Å². The molecule has 8 nitrogen and oxygen atoms in total. The highest BCUT2D eigenvalue weighted by Gasteiger charge is 2.26. The van der Waals surface area contributed by atoms with Crippen molar-refractivity contribution in [3.63, 3.8) is 0 Å². The smallest absolute Gasteiger partial charge is 0.340 e. The third-order valence-corrected chi connectivity index (χ3v) is 7.30. The Kier molecular flexibility index (Phi) is 10.5. The highest BCUT2D eigenvalue weighted by molar-refractivity contribution is 7.87. The van der Waals surface area contributed by atoms with Crippen LogP contribution in [0.4, 0.5) is 0 Å². The summed E-state index contributed by atoms with van der Waals surface area (Å²) in [6.45, 7) is 7.85. The van der Waals surface area contributed by atoms with Crippen LogP contribution in [0.2, 0.25) is 0 Å². The van der Waals surface area contributed by atoms with Crippen LogP contribution < -0.4 is 4.18 Å². The molecule has 1 amide bonds. The normalized spacial score (nSPS) is 15.5. The molecule has 0 spiro atoms. The van der Waals surface area contributed by atoms with Gasteiger partial charge in [0, 0.05) is 26.1 Å². The van der Waals surface area contributed by atoms with Gasteiger partial charge < -0.3 is 18.6 Å². The summed E-state index contributed by atoms with van der Waals surface area (Å²) in [4.78, 5) is 26.9. The number of ether oxygens (including phenoxy) is 2. The Morgan fingerprint density at radius 1 is 1.11 bits per heavy atom. The Bertz CT molecular complexity index is 1140. The molecule has 1 atom stereocenters. The summed E-state index contributed by atoms with van der Waals surface area (Å²) >= 11 is 0. The van der Waals surface area contributed by atoms with E-state index in [1.54, 1.807) is 30.3 Å². The highest BCUT2D eigenvalue weighted by atomic mass is 32.2. The van der Waals surface area contributed by atoms with E-state index in [0.29, 0.717) is 25.9 Å². The van der Waals surface area contributed by atoms with Gasteiger partial charge >= 0.3 is 16.1 Å². The topological polar surface area (TPSA) is 99.2 Å². The zero-order valence-corrected chi connectivity index (χ0v) is 22.7. The Balaban J connectivity index is 1.71. The summed E-state index contributed by atoms with van der Waals surface area (Å²) in [5.74, 6) is -0.288. The van der Waals surface area contributed by atoms with Crippen molar-refractivity contribution in [3.8, 4) is 5.75 Å². The molecule has 1 aliphatic heterocycles. The Labute approximate surface area is 220 Å². The quantitative estimate of drug-likeness (QED) is 0.205. The van der Waals surface area contributed by atoms with Gasteiger partial charge in [0.05, 0.1) is 18.3 Å². The number of benzene rings is 2. The zero-order chi connectivity index (χ0) is 26.8. The molecule has 0 saturated carbocycles. The van der Waals surface area contributed by atoms with E-state index in [9.17, 15) is 18.0 Å². The van der Waals surface area contributed by atoms with E-state index >= 15 is 0 Å². The fraction of sp³-hybridized carbons (Fsp3) is 0.500. The van der Waals surface area contributed by atoms with E-state index in [1.807, 2.05) is 25.7 Å². The molecule has 2 aromatic rings. The average molecular weight is 532 g/mol. The van der Waals surface area contributed by atoms with Crippen molar-refractivity contribution in [2.45, 2.75) is 70.4 Å². The van der Waals surface area contributed by atoms with E-state index < -0.39 is 16.1 Å². The number of amides is 1. The van der Waals surface area contributed by atoms with Crippen molar-refractivity contribution in [1.29, 1.82) is 0 Å². The van der Waals surface area contributed by atoms with E-state index in [4.69, 9.17) is 13.7 Å². The molecule has 1 fully saturated rings. The van der Waals surface area contributed by atoms with Crippen molar-refractivity contribution >= 4 is 22.0 Å². The lowest BCUT2D eigenvalue weighted by Gasteiger charge is -2.26. The summed E-state index contributed by atoms with van der Waals surface area (Å²) in [6, 6.07) is 12.4. The molecule has 1 heterocycles. The Hall–Kier alpha value is -2.91. The molecule has 3 rings (SSSR count). The monoisotopic (exact) mass is 531 g/mol. The summed E-state index contributed by atoms with van der Waals surface area (Å²) in [6.07, 6.45) is 3.97. The predicted octanol–water partition coefficient (Wildman–Crippen LogP) is 4.96. The first-order valence-electron chi connectivity index (χ1n) is 12.9. The highest BCUT2D eigenvalue weighted by Crippen LogP contribution is 2.24. The molecule has 202 valence electrons. The maximum absolute atomic E-state index is 13.0. The molecule has 0 unspecified atom stereocenters. The standard InChI is InChI=1S/C28H37NO7S/c1-4-5-16-35-28(31)25-10-6-7-11-26(25)37(32,33)36-23-14-12-22(13-15-23)19-29(27(30)18-21(2)3)20-24-9-8-17-34-24/h6-7,10-15,21,24H,4-5,8-9,16-20H2,1-3H3/t24-/m0/s1. The molecular formula is C28H37NO7S. The van der Waals surface area contributed by atoms with Crippen LogP contribution in [0.5, 0.6) is 5.75 Å². The first-order chi connectivity index (χ1) is 17.7. The first kappa shape index (κ1) is 28.7. The van der Waals surface area contributed by atoms with Crippen LogP contribution >= 0.6 is 0 Å². The van der Waals surface area contributed by atoms with E-state index in [0.717, 1.165) is 31.4 Å². The minimum absolute atomic E-state index is 0.0394. The fourth-order valence-electron chi connectivity index (χ4n) is 4.05. The van der Waals surface area contributed by atoms with Crippen LogP contribution in [-0.2, 0) is 30.9 Å². The van der Waals surface area contributed by atoms with Crippen LogP contribution in [0, 0.1) is 5.92 Å². The molecule has 9 heteroatoms. The van der Waals surface area contributed by atoms with Gasteiger partial charge in [-0.2, -0.15) is 8.42 Å². The summed E-state index contributed by atoms with van der Waals surface area (Å²) < 4.78 is 42.3. The van der Waals surface area contributed by atoms with Crippen LogP contribution in [0.25, 0.3) is 0 Å². The number of carbonyl (C=O) groups excluding carboxylic acids is 2. The van der Waals surface area contributed by atoms with Gasteiger partial charge in [-0.25, -0.2) is 4.79 Å². The molecule has 0 radical (unpaired) electrons. The Morgan fingerprint density at radius 2 is 1.84 bits per heavy atom. The maximum atomic E-state index is 13.0. The fourth-order valence-corrected chi connectivity index (χ4v) is 5.17. The van der Waals surface area contributed by atoms with E-state index in [-0.39, 0.29) is 40.7 Å². The lowest BCUT2D eigenvalue weighted by atomic mass is 10.1. The van der Waals surface area contributed by atoms with E-state index in [2.05, 4.69) is 0 Å². The molecular weight excluding hydrogens is 494 g/mol. The summed E-state index contributed by atoms with van der Waals surface area (Å²) in [5.41, 5.74) is 0.781. The summed E-state index contributed by atoms with van der Waals surface area (Å²) in [5, 5.41) is 0. The second kappa shape index (κ2) is 13.6. The lowest BCUT2D eigenvalue weighted by molar-refractivity contribution is -0.134. The minimum atomic E-state index is -4.28. The maximum Gasteiger partial charge on any atom is 0.340 e. The van der Waals surface area contributed by atoms with Crippen molar-refractivity contribution < 1.29 is 31.7 Å². The van der Waals surface area contributed by atoms with Crippen LogP contribution in [0.15, 0.2) is 53.4 Å². The van der Waals surface area contributed by atoms with Gasteiger partial charge in [0.15, 0.2) is 0 Å². The molecule has 0 N–H and O–H groups in total. The number of esters is 1. The van der Waals surface area contributed by atoms with Gasteiger partial charge in [0.25, 0.3) is 0 Å². The number of hydrogen-bond acceptors (Lipinski definition) is 7. The van der Waals surface area contributed by atoms with Gasteiger partial charge in [-0.05, 0) is 55.0 Å². The number of unbranched alkanes of at least 4 members (excludes halogenated alkanes) is 1. The molecule has 0 bridgehead atoms. The largest absolute Gasteiger partial charge is 0.462 e. The van der Waals surface area contributed by atoms with Gasteiger partial charge in [-0.3, -0.25) is 4.79 Å². The SMILES string of the molecule is CCCCOC(=O)c1ccccc1S(=O)(=O)Oc1ccc(CN(C[C@@H]2CCCO2)C(=O)CC(C)C)cc1. The molecule has 0 aromatic heterocycles. The molecule has 1 aliphatic rings. The van der Waals surface area contributed by atoms with E-state index in [1.165, 1.54) is 18.2 Å². The third-order valence-electron chi connectivity index (χ3n) is 5.99. The first-order valence-corrected chi connectivity index (χ1v) is 14.3. The van der Waals surface area contributed by atoms with Crippen molar-refractivity contribution in [1.82, 2.24) is 4.90 Å². The molecule has 2 aromatic carbocycles. The lowest BCUT2D eigenvalue weighted by Crippen LogP contribution is -2.37.